The van der Waals surface area contributed by atoms with Crippen molar-refractivity contribution < 1.29 is 4.79 Å². The van der Waals surface area contributed by atoms with E-state index in [1.54, 1.807) is 28.0 Å². The van der Waals surface area contributed by atoms with Gasteiger partial charge in [-0.1, -0.05) is 17.3 Å². The zero-order valence-electron chi connectivity index (χ0n) is 15.4. The van der Waals surface area contributed by atoms with Gasteiger partial charge in [0, 0.05) is 37.1 Å². The first-order valence-electron chi connectivity index (χ1n) is 9.25. The molecule has 9 heteroatoms. The van der Waals surface area contributed by atoms with Crippen LogP contribution in [0.15, 0.2) is 65.7 Å². The maximum Gasteiger partial charge on any atom is 0.267 e. The molecule has 5 rings (SSSR count). The van der Waals surface area contributed by atoms with Crippen molar-refractivity contribution in [3.63, 3.8) is 0 Å². The quantitative estimate of drug-likeness (QED) is 0.521. The van der Waals surface area contributed by atoms with Crippen molar-refractivity contribution in [2.75, 3.05) is 13.1 Å². The Balaban J connectivity index is 1.29. The maximum atomic E-state index is 12.6. The number of pyridine rings is 1. The van der Waals surface area contributed by atoms with E-state index in [0.717, 1.165) is 16.6 Å². The molecule has 0 saturated carbocycles. The van der Waals surface area contributed by atoms with Crippen LogP contribution in [0.2, 0.25) is 0 Å². The Hall–Kier alpha value is -3.88. The third kappa shape index (κ3) is 3.16. The number of amides is 1. The third-order valence-electron chi connectivity index (χ3n) is 5.07. The molecule has 1 aromatic carbocycles. The van der Waals surface area contributed by atoms with Crippen LogP contribution in [0.25, 0.3) is 22.3 Å². The van der Waals surface area contributed by atoms with Gasteiger partial charge in [-0.05, 0) is 30.3 Å². The molecule has 1 saturated heterocycles. The van der Waals surface area contributed by atoms with Crippen LogP contribution in [-0.2, 0) is 11.3 Å². The van der Waals surface area contributed by atoms with E-state index in [9.17, 15) is 9.59 Å². The van der Waals surface area contributed by atoms with Crippen LogP contribution in [0.5, 0.6) is 0 Å². The Morgan fingerprint density at radius 3 is 2.66 bits per heavy atom. The number of para-hydroxylation sites is 1. The molecular formula is C20H17N7O2. The van der Waals surface area contributed by atoms with E-state index in [0.29, 0.717) is 18.8 Å². The van der Waals surface area contributed by atoms with E-state index in [1.807, 2.05) is 36.4 Å². The topological polar surface area (TPSA) is 98.8 Å². The van der Waals surface area contributed by atoms with Crippen LogP contribution in [0, 0.1) is 0 Å². The average Bonchev–Trinajstić information content (AvgIpc) is 3.12. The number of carbonyl (C=O) groups is 1. The summed E-state index contributed by atoms with van der Waals surface area (Å²) < 4.78 is 3.06. The number of benzene rings is 1. The van der Waals surface area contributed by atoms with E-state index in [4.69, 9.17) is 0 Å². The van der Waals surface area contributed by atoms with Gasteiger partial charge in [0.25, 0.3) is 5.56 Å². The van der Waals surface area contributed by atoms with Crippen LogP contribution in [0.3, 0.4) is 0 Å². The molecule has 9 nitrogen and oxygen atoms in total. The first kappa shape index (κ1) is 17.2. The lowest BCUT2D eigenvalue weighted by Crippen LogP contribution is -2.54. The maximum absolute atomic E-state index is 12.6. The number of hydrogen-bond acceptors (Lipinski definition) is 6. The fraction of sp³-hybridized carbons (Fsp3) is 0.200. The summed E-state index contributed by atoms with van der Waals surface area (Å²) >= 11 is 0. The highest BCUT2D eigenvalue weighted by atomic mass is 16.2. The normalized spacial score (nSPS) is 14.1. The Kier molecular flexibility index (Phi) is 4.12. The van der Waals surface area contributed by atoms with Crippen LogP contribution in [0.4, 0.5) is 0 Å². The van der Waals surface area contributed by atoms with Gasteiger partial charge in [0.1, 0.15) is 12.1 Å². The molecule has 3 aromatic heterocycles. The molecule has 1 amide bonds. The molecule has 29 heavy (non-hydrogen) atoms. The van der Waals surface area contributed by atoms with Crippen LogP contribution < -0.4 is 5.56 Å². The molecule has 0 atom stereocenters. The van der Waals surface area contributed by atoms with E-state index in [2.05, 4.69) is 20.4 Å². The minimum absolute atomic E-state index is 0.0600. The van der Waals surface area contributed by atoms with Gasteiger partial charge in [0.05, 0.1) is 17.3 Å². The molecule has 0 N–H and O–H groups in total. The molecule has 4 aromatic rings. The molecule has 0 unspecified atom stereocenters. The molecule has 4 heterocycles. The summed E-state index contributed by atoms with van der Waals surface area (Å²) in [5.41, 5.74) is 2.98. The van der Waals surface area contributed by atoms with Gasteiger partial charge in [-0.25, -0.2) is 9.36 Å². The summed E-state index contributed by atoms with van der Waals surface area (Å²) in [5, 5.41) is 12.6. The number of carbonyl (C=O) groups excluding carboxylic acids is 1. The summed E-state index contributed by atoms with van der Waals surface area (Å²) in [7, 11) is 0. The summed E-state index contributed by atoms with van der Waals surface area (Å²) in [4.78, 5) is 30.6. The fourth-order valence-corrected chi connectivity index (χ4v) is 3.44. The summed E-state index contributed by atoms with van der Waals surface area (Å²) in [6.07, 6.45) is 3.37. The minimum atomic E-state index is -0.179. The summed E-state index contributed by atoms with van der Waals surface area (Å²) in [6, 6.07) is 14.3. The SMILES string of the molecule is O=C(Cn1nnc2ccccc21)N1CC(n2nc(-c3ccncc3)ccc2=O)C1. The van der Waals surface area contributed by atoms with Gasteiger partial charge in [-0.15, -0.1) is 5.10 Å². The molecule has 144 valence electrons. The highest BCUT2D eigenvalue weighted by molar-refractivity contribution is 5.80. The number of hydrogen-bond donors (Lipinski definition) is 0. The van der Waals surface area contributed by atoms with E-state index < -0.39 is 0 Å². The Labute approximate surface area is 165 Å². The lowest BCUT2D eigenvalue weighted by atomic mass is 10.1. The highest BCUT2D eigenvalue weighted by Crippen LogP contribution is 2.21. The molecular weight excluding hydrogens is 370 g/mol. The first-order chi connectivity index (χ1) is 14.2. The molecule has 0 spiro atoms. The van der Waals surface area contributed by atoms with Gasteiger partial charge in [0.15, 0.2) is 0 Å². The van der Waals surface area contributed by atoms with Crippen LogP contribution in [-0.4, -0.2) is 53.7 Å². The van der Waals surface area contributed by atoms with Crippen molar-refractivity contribution in [2.24, 2.45) is 0 Å². The monoisotopic (exact) mass is 387 g/mol. The van der Waals surface area contributed by atoms with Crippen molar-refractivity contribution in [1.82, 2.24) is 34.7 Å². The van der Waals surface area contributed by atoms with Crippen molar-refractivity contribution >= 4 is 16.9 Å². The van der Waals surface area contributed by atoms with E-state index in [1.165, 1.54) is 10.7 Å². The number of aromatic nitrogens is 6. The van der Waals surface area contributed by atoms with Crippen LogP contribution >= 0.6 is 0 Å². The predicted octanol–water partition coefficient (Wildman–Crippen LogP) is 1.13. The molecule has 0 aliphatic carbocycles. The van der Waals surface area contributed by atoms with E-state index >= 15 is 0 Å². The molecule has 0 radical (unpaired) electrons. The van der Waals surface area contributed by atoms with Gasteiger partial charge < -0.3 is 4.90 Å². The lowest BCUT2D eigenvalue weighted by Gasteiger charge is -2.39. The Bertz CT molecular complexity index is 1240. The second-order valence-corrected chi connectivity index (χ2v) is 6.93. The number of likely N-dealkylation sites (tertiary alicyclic amines) is 1. The van der Waals surface area contributed by atoms with Crippen LogP contribution in [0.1, 0.15) is 6.04 Å². The highest BCUT2D eigenvalue weighted by Gasteiger charge is 2.33. The minimum Gasteiger partial charge on any atom is -0.337 e. The second kappa shape index (κ2) is 6.93. The molecule has 0 bridgehead atoms. The number of rotatable bonds is 4. The standard InChI is InChI=1S/C20H17N7O2/c28-19-6-5-16(14-7-9-21-10-8-14)23-27(19)15-11-25(12-15)20(29)13-26-18-4-2-1-3-17(18)22-24-26/h1-10,15H,11-13H2. The van der Waals surface area contributed by atoms with Crippen molar-refractivity contribution in [3.05, 3.63) is 71.3 Å². The summed E-state index contributed by atoms with van der Waals surface area (Å²) in [6.45, 7) is 1.00. The largest absolute Gasteiger partial charge is 0.337 e. The number of nitrogens with zero attached hydrogens (tertiary/aromatic N) is 7. The van der Waals surface area contributed by atoms with Gasteiger partial charge in [0.2, 0.25) is 5.91 Å². The zero-order valence-corrected chi connectivity index (χ0v) is 15.4. The number of fused-ring (bicyclic) bond motifs is 1. The van der Waals surface area contributed by atoms with Gasteiger partial charge in [-0.2, -0.15) is 5.10 Å². The second-order valence-electron chi connectivity index (χ2n) is 6.93. The molecule has 1 aliphatic heterocycles. The Morgan fingerprint density at radius 2 is 1.83 bits per heavy atom. The van der Waals surface area contributed by atoms with Crippen molar-refractivity contribution in [1.29, 1.82) is 0 Å². The van der Waals surface area contributed by atoms with Gasteiger partial charge >= 0.3 is 0 Å². The fourth-order valence-electron chi connectivity index (χ4n) is 3.44. The molecule has 1 fully saturated rings. The van der Waals surface area contributed by atoms with E-state index in [-0.39, 0.29) is 24.1 Å². The van der Waals surface area contributed by atoms with Crippen molar-refractivity contribution in [2.45, 2.75) is 12.6 Å². The molecule has 1 aliphatic rings. The lowest BCUT2D eigenvalue weighted by molar-refractivity contribution is -0.138. The smallest absolute Gasteiger partial charge is 0.267 e. The average molecular weight is 387 g/mol. The first-order valence-corrected chi connectivity index (χ1v) is 9.25. The third-order valence-corrected chi connectivity index (χ3v) is 5.07. The van der Waals surface area contributed by atoms with Gasteiger partial charge in [-0.3, -0.25) is 14.6 Å². The Morgan fingerprint density at radius 1 is 1.03 bits per heavy atom. The zero-order chi connectivity index (χ0) is 19.8. The summed E-state index contributed by atoms with van der Waals surface area (Å²) in [5.74, 6) is -0.0600. The predicted molar refractivity (Wildman–Crippen MR) is 105 cm³/mol. The van der Waals surface area contributed by atoms with Crippen molar-refractivity contribution in [3.8, 4) is 11.3 Å².